The van der Waals surface area contributed by atoms with Crippen molar-refractivity contribution in [3.8, 4) is 5.88 Å². The van der Waals surface area contributed by atoms with Crippen LogP contribution in [0.3, 0.4) is 0 Å². The second-order valence-electron chi connectivity index (χ2n) is 6.83. The highest BCUT2D eigenvalue weighted by atomic mass is 16.5. The van der Waals surface area contributed by atoms with Gasteiger partial charge in [-0.2, -0.15) is 9.97 Å². The molecule has 1 amide bonds. The number of hydrogen-bond donors (Lipinski definition) is 3. The summed E-state index contributed by atoms with van der Waals surface area (Å²) in [7, 11) is 0. The van der Waals surface area contributed by atoms with Crippen LogP contribution in [0, 0.1) is 5.92 Å². The number of nitrogens with one attached hydrogen (secondary N) is 2. The molecular formula is C19H22N6O2. The monoisotopic (exact) mass is 366 g/mol. The summed E-state index contributed by atoms with van der Waals surface area (Å²) in [4.78, 5) is 27.4. The number of fused-ring (bicyclic) bond motifs is 1. The Hall–Kier alpha value is -3.16. The van der Waals surface area contributed by atoms with Gasteiger partial charge >= 0.3 is 0 Å². The topological polar surface area (TPSA) is 119 Å². The molecule has 27 heavy (non-hydrogen) atoms. The van der Waals surface area contributed by atoms with Gasteiger partial charge in [-0.15, -0.1) is 0 Å². The van der Waals surface area contributed by atoms with Crippen molar-refractivity contribution in [3.63, 3.8) is 0 Å². The SMILES string of the molecule is NC(=O)c1ccc(Nc2nc(OCC3CCCCC3)c3nc[nH]c3n2)cc1. The third-order valence-corrected chi connectivity index (χ3v) is 4.85. The maximum absolute atomic E-state index is 11.2. The van der Waals surface area contributed by atoms with Gasteiger partial charge in [0.25, 0.3) is 0 Å². The van der Waals surface area contributed by atoms with Crippen molar-refractivity contribution in [1.82, 2.24) is 19.9 Å². The van der Waals surface area contributed by atoms with Crippen LogP contribution in [-0.2, 0) is 0 Å². The summed E-state index contributed by atoms with van der Waals surface area (Å²) >= 11 is 0. The van der Waals surface area contributed by atoms with Gasteiger partial charge in [0.2, 0.25) is 17.7 Å². The smallest absolute Gasteiger partial charge is 0.248 e. The van der Waals surface area contributed by atoms with Gasteiger partial charge in [0.05, 0.1) is 12.9 Å². The lowest BCUT2D eigenvalue weighted by molar-refractivity contribution is 0.100. The average molecular weight is 366 g/mol. The number of carbonyl (C=O) groups is 1. The molecule has 2 heterocycles. The van der Waals surface area contributed by atoms with E-state index in [2.05, 4.69) is 25.3 Å². The molecule has 1 saturated carbocycles. The van der Waals surface area contributed by atoms with Crippen molar-refractivity contribution in [2.24, 2.45) is 11.7 Å². The Morgan fingerprint density at radius 2 is 1.96 bits per heavy atom. The Morgan fingerprint density at radius 1 is 1.19 bits per heavy atom. The Labute approximate surface area is 156 Å². The molecule has 0 saturated heterocycles. The zero-order valence-electron chi connectivity index (χ0n) is 14.9. The van der Waals surface area contributed by atoms with Crippen LogP contribution in [-0.4, -0.2) is 32.4 Å². The van der Waals surface area contributed by atoms with Gasteiger partial charge in [0, 0.05) is 11.3 Å². The highest BCUT2D eigenvalue weighted by Crippen LogP contribution is 2.27. The standard InChI is InChI=1S/C19H22N6O2/c20-16(26)13-6-8-14(9-7-13)23-19-24-17-15(21-11-22-17)18(25-19)27-10-12-4-2-1-3-5-12/h6-9,11-12H,1-5,10H2,(H2,20,26)(H2,21,22,23,24,25). The minimum Gasteiger partial charge on any atom is -0.476 e. The number of imidazole rings is 1. The van der Waals surface area contributed by atoms with Gasteiger partial charge in [0.15, 0.2) is 11.2 Å². The minimum atomic E-state index is -0.463. The molecule has 1 aromatic carbocycles. The summed E-state index contributed by atoms with van der Waals surface area (Å²) in [6.07, 6.45) is 7.83. The lowest BCUT2D eigenvalue weighted by atomic mass is 9.90. The predicted molar refractivity (Wildman–Crippen MR) is 102 cm³/mol. The van der Waals surface area contributed by atoms with E-state index in [4.69, 9.17) is 10.5 Å². The summed E-state index contributed by atoms with van der Waals surface area (Å²) in [5, 5.41) is 3.13. The van der Waals surface area contributed by atoms with Gasteiger partial charge in [0.1, 0.15) is 0 Å². The molecule has 0 unspecified atom stereocenters. The van der Waals surface area contributed by atoms with E-state index < -0.39 is 5.91 Å². The molecule has 8 heteroatoms. The quantitative estimate of drug-likeness (QED) is 0.616. The van der Waals surface area contributed by atoms with Crippen LogP contribution in [0.1, 0.15) is 42.5 Å². The molecule has 140 valence electrons. The molecule has 0 aliphatic heterocycles. The van der Waals surface area contributed by atoms with E-state index in [0.29, 0.717) is 41.1 Å². The highest BCUT2D eigenvalue weighted by Gasteiger charge is 2.17. The van der Waals surface area contributed by atoms with Crippen molar-refractivity contribution in [2.45, 2.75) is 32.1 Å². The van der Waals surface area contributed by atoms with E-state index >= 15 is 0 Å². The molecule has 0 bridgehead atoms. The third kappa shape index (κ3) is 3.99. The number of aromatic nitrogens is 4. The van der Waals surface area contributed by atoms with Crippen LogP contribution in [0.15, 0.2) is 30.6 Å². The first kappa shape index (κ1) is 17.3. The van der Waals surface area contributed by atoms with Gasteiger partial charge < -0.3 is 20.8 Å². The van der Waals surface area contributed by atoms with Crippen molar-refractivity contribution < 1.29 is 9.53 Å². The highest BCUT2D eigenvalue weighted by molar-refractivity contribution is 5.93. The number of rotatable bonds is 6. The molecule has 1 fully saturated rings. The zero-order valence-corrected chi connectivity index (χ0v) is 14.9. The van der Waals surface area contributed by atoms with Crippen LogP contribution >= 0.6 is 0 Å². The molecule has 0 spiro atoms. The largest absolute Gasteiger partial charge is 0.476 e. The normalized spacial score (nSPS) is 15.0. The summed E-state index contributed by atoms with van der Waals surface area (Å²) < 4.78 is 6.01. The molecule has 8 nitrogen and oxygen atoms in total. The number of primary amides is 1. The second kappa shape index (κ2) is 7.61. The molecule has 1 aliphatic carbocycles. The fraction of sp³-hybridized carbons (Fsp3) is 0.368. The van der Waals surface area contributed by atoms with Crippen LogP contribution in [0.5, 0.6) is 5.88 Å². The molecule has 4 N–H and O–H groups in total. The molecule has 0 radical (unpaired) electrons. The van der Waals surface area contributed by atoms with Crippen molar-refractivity contribution in [3.05, 3.63) is 36.2 Å². The minimum absolute atomic E-state index is 0.400. The van der Waals surface area contributed by atoms with E-state index in [1.165, 1.54) is 32.1 Å². The summed E-state index contributed by atoms with van der Waals surface area (Å²) in [5.41, 5.74) is 7.70. The Bertz CT molecular complexity index is 931. The first-order valence-electron chi connectivity index (χ1n) is 9.20. The number of amides is 1. The van der Waals surface area contributed by atoms with Crippen LogP contribution in [0.25, 0.3) is 11.2 Å². The number of hydrogen-bond acceptors (Lipinski definition) is 6. The van der Waals surface area contributed by atoms with Gasteiger partial charge in [-0.05, 0) is 43.0 Å². The summed E-state index contributed by atoms with van der Waals surface area (Å²) in [6.45, 7) is 0.645. The summed E-state index contributed by atoms with van der Waals surface area (Å²) in [6, 6.07) is 6.81. The first-order valence-corrected chi connectivity index (χ1v) is 9.20. The number of anilines is 2. The number of nitrogens with zero attached hydrogens (tertiary/aromatic N) is 3. The molecule has 2 aromatic heterocycles. The maximum atomic E-state index is 11.2. The fourth-order valence-corrected chi connectivity index (χ4v) is 3.36. The zero-order chi connectivity index (χ0) is 18.6. The lowest BCUT2D eigenvalue weighted by Crippen LogP contribution is -2.16. The van der Waals surface area contributed by atoms with Crippen LogP contribution in [0.2, 0.25) is 0 Å². The van der Waals surface area contributed by atoms with Gasteiger partial charge in [-0.1, -0.05) is 19.3 Å². The van der Waals surface area contributed by atoms with Crippen LogP contribution < -0.4 is 15.8 Å². The fourth-order valence-electron chi connectivity index (χ4n) is 3.36. The Morgan fingerprint density at radius 3 is 2.70 bits per heavy atom. The third-order valence-electron chi connectivity index (χ3n) is 4.85. The number of nitrogens with two attached hydrogens (primary N) is 1. The van der Waals surface area contributed by atoms with Crippen LogP contribution in [0.4, 0.5) is 11.6 Å². The number of benzene rings is 1. The number of carbonyl (C=O) groups excluding carboxylic acids is 1. The number of H-pyrrole nitrogens is 1. The Kier molecular flexibility index (Phi) is 4.86. The van der Waals surface area contributed by atoms with Crippen molar-refractivity contribution >= 4 is 28.7 Å². The number of ether oxygens (including phenoxy) is 1. The van der Waals surface area contributed by atoms with Crippen molar-refractivity contribution in [1.29, 1.82) is 0 Å². The van der Waals surface area contributed by atoms with E-state index in [-0.39, 0.29) is 0 Å². The lowest BCUT2D eigenvalue weighted by Gasteiger charge is -2.21. The van der Waals surface area contributed by atoms with E-state index in [0.717, 1.165) is 5.69 Å². The Balaban J connectivity index is 1.53. The summed E-state index contributed by atoms with van der Waals surface area (Å²) in [5.74, 6) is 0.982. The molecule has 0 atom stereocenters. The van der Waals surface area contributed by atoms with E-state index in [9.17, 15) is 4.79 Å². The second-order valence-corrected chi connectivity index (χ2v) is 6.83. The first-order chi connectivity index (χ1) is 13.2. The van der Waals surface area contributed by atoms with Gasteiger partial charge in [-0.25, -0.2) is 4.98 Å². The average Bonchev–Trinajstić information content (AvgIpc) is 3.16. The molecule has 4 rings (SSSR count). The molecular weight excluding hydrogens is 344 g/mol. The molecule has 1 aliphatic rings. The molecule has 3 aromatic rings. The van der Waals surface area contributed by atoms with Gasteiger partial charge in [-0.3, -0.25) is 4.79 Å². The maximum Gasteiger partial charge on any atom is 0.248 e. The van der Waals surface area contributed by atoms with E-state index in [1.807, 2.05) is 0 Å². The van der Waals surface area contributed by atoms with E-state index in [1.54, 1.807) is 30.6 Å². The number of aromatic amines is 1. The predicted octanol–water partition coefficient (Wildman–Crippen LogP) is 3.15. The van der Waals surface area contributed by atoms with Crippen molar-refractivity contribution in [2.75, 3.05) is 11.9 Å².